The van der Waals surface area contributed by atoms with Gasteiger partial charge in [0.05, 0.1) is 11.6 Å². The normalized spacial score (nSPS) is 11.1. The summed E-state index contributed by atoms with van der Waals surface area (Å²) in [7, 11) is 0. The van der Waals surface area contributed by atoms with Gasteiger partial charge in [0.1, 0.15) is 6.54 Å². The highest BCUT2D eigenvalue weighted by molar-refractivity contribution is 6.31. The zero-order valence-corrected chi connectivity index (χ0v) is 19.1. The van der Waals surface area contributed by atoms with E-state index in [1.54, 1.807) is 6.20 Å². The van der Waals surface area contributed by atoms with E-state index in [2.05, 4.69) is 15.0 Å². The maximum absolute atomic E-state index is 13.2. The third-order valence-electron chi connectivity index (χ3n) is 5.80. The van der Waals surface area contributed by atoms with Gasteiger partial charge in [-0.05, 0) is 38.0 Å². The fourth-order valence-corrected chi connectivity index (χ4v) is 4.09. The molecule has 4 rings (SSSR count). The van der Waals surface area contributed by atoms with Crippen molar-refractivity contribution >= 4 is 28.3 Å². The molecule has 0 aliphatic rings. The zero-order chi connectivity index (χ0) is 22.8. The number of hydrogen-bond donors (Lipinski definition) is 1. The average Bonchev–Trinajstić information content (AvgIpc) is 3.02. The Hall–Kier alpha value is -3.38. The van der Waals surface area contributed by atoms with Crippen LogP contribution in [0, 0.1) is 20.8 Å². The molecule has 2 heterocycles. The monoisotopic (exact) mass is 448 g/mol. The molecule has 164 valence electrons. The number of hydrogen-bond acceptors (Lipinski definition) is 3. The molecule has 1 N–H and O–H groups in total. The first-order valence-corrected chi connectivity index (χ1v) is 10.8. The van der Waals surface area contributed by atoms with Gasteiger partial charge in [-0.1, -0.05) is 59.6 Å². The topological polar surface area (TPSA) is 68.9 Å². The largest absolute Gasteiger partial charge is 0.350 e. The first-order chi connectivity index (χ1) is 15.3. The van der Waals surface area contributed by atoms with Crippen LogP contribution in [0.2, 0.25) is 5.02 Å². The van der Waals surface area contributed by atoms with Crippen molar-refractivity contribution in [2.45, 2.75) is 40.4 Å². The maximum atomic E-state index is 13.2. The minimum atomic E-state index is -0.272. The van der Waals surface area contributed by atoms with Gasteiger partial charge in [0, 0.05) is 34.9 Å². The Bertz CT molecular complexity index is 1350. The van der Waals surface area contributed by atoms with Gasteiger partial charge in [0.2, 0.25) is 5.91 Å². The number of aromatic nitrogens is 3. The average molecular weight is 449 g/mol. The highest BCUT2D eigenvalue weighted by atomic mass is 35.5. The highest BCUT2D eigenvalue weighted by Gasteiger charge is 2.18. The lowest BCUT2D eigenvalue weighted by Crippen LogP contribution is -2.33. The van der Waals surface area contributed by atoms with Crippen LogP contribution < -0.4 is 10.9 Å². The first kappa shape index (κ1) is 21.8. The van der Waals surface area contributed by atoms with Crippen molar-refractivity contribution in [3.63, 3.8) is 0 Å². The van der Waals surface area contributed by atoms with E-state index in [9.17, 15) is 9.59 Å². The fourth-order valence-electron chi connectivity index (χ4n) is 3.89. The summed E-state index contributed by atoms with van der Waals surface area (Å²) in [5.74, 6) is -0.260. The lowest BCUT2D eigenvalue weighted by Gasteiger charge is -2.10. The van der Waals surface area contributed by atoms with Gasteiger partial charge in [-0.15, -0.1) is 0 Å². The third kappa shape index (κ3) is 4.32. The Morgan fingerprint density at radius 1 is 1.03 bits per heavy atom. The molecule has 0 bridgehead atoms. The van der Waals surface area contributed by atoms with Gasteiger partial charge < -0.3 is 9.88 Å². The van der Waals surface area contributed by atoms with Crippen LogP contribution in [0.4, 0.5) is 0 Å². The van der Waals surface area contributed by atoms with Crippen LogP contribution in [0.15, 0.2) is 59.5 Å². The summed E-state index contributed by atoms with van der Waals surface area (Å²) in [5, 5.41) is 9.16. The number of amides is 1. The molecule has 0 radical (unpaired) electrons. The van der Waals surface area contributed by atoms with Crippen LogP contribution >= 0.6 is 11.6 Å². The van der Waals surface area contributed by atoms with Crippen molar-refractivity contribution in [1.29, 1.82) is 0 Å². The van der Waals surface area contributed by atoms with Gasteiger partial charge in [0.15, 0.2) is 0 Å². The summed E-state index contributed by atoms with van der Waals surface area (Å²) in [6, 6.07) is 15.6. The van der Waals surface area contributed by atoms with Gasteiger partial charge in [-0.25, -0.2) is 4.68 Å². The number of nitrogens with zero attached hydrogens (tertiary/aromatic N) is 3. The molecule has 0 aliphatic carbocycles. The molecule has 6 nitrogen and oxygen atoms in total. The predicted molar refractivity (Wildman–Crippen MR) is 127 cm³/mol. The number of carbonyl (C=O) groups excluding carboxylic acids is 1. The predicted octanol–water partition coefficient (Wildman–Crippen LogP) is 4.14. The molecular formula is C25H25ClN4O2. The Kier molecular flexibility index (Phi) is 6.15. The van der Waals surface area contributed by atoms with Crippen molar-refractivity contribution < 1.29 is 4.79 Å². The highest BCUT2D eigenvalue weighted by Crippen LogP contribution is 2.25. The van der Waals surface area contributed by atoms with Crippen LogP contribution in [0.1, 0.15) is 28.1 Å². The molecule has 0 fully saturated rings. The second kappa shape index (κ2) is 9.01. The summed E-state index contributed by atoms with van der Waals surface area (Å²) >= 11 is 6.34. The molecule has 0 saturated heterocycles. The lowest BCUT2D eigenvalue weighted by atomic mass is 10.1. The van der Waals surface area contributed by atoms with E-state index in [0.717, 1.165) is 33.5 Å². The molecule has 32 heavy (non-hydrogen) atoms. The van der Waals surface area contributed by atoms with Crippen LogP contribution in [-0.4, -0.2) is 20.3 Å². The smallest absolute Gasteiger partial charge is 0.276 e. The number of carbonyl (C=O) groups is 1. The molecule has 2 aromatic carbocycles. The Morgan fingerprint density at radius 2 is 1.75 bits per heavy atom. The standard InChI is InChI=1S/C25H25ClN4O2/c1-16-8-10-19(11-9-16)12-27-23(31)15-30-25(32)24-18(3)29(17(2)21(24)13-28-30)14-20-6-4-5-7-22(20)26/h4-11,13H,12,14-15H2,1-3H3,(H,27,31). The van der Waals surface area contributed by atoms with E-state index in [1.165, 1.54) is 4.68 Å². The molecule has 0 atom stereocenters. The summed E-state index contributed by atoms with van der Waals surface area (Å²) in [6.07, 6.45) is 1.66. The molecule has 0 unspecified atom stereocenters. The minimum Gasteiger partial charge on any atom is -0.350 e. The number of rotatable bonds is 6. The molecule has 0 aliphatic heterocycles. The Balaban J connectivity index is 1.57. The van der Waals surface area contributed by atoms with Gasteiger partial charge in [-0.2, -0.15) is 5.10 Å². The number of fused-ring (bicyclic) bond motifs is 1. The van der Waals surface area contributed by atoms with Crippen molar-refractivity contribution in [2.75, 3.05) is 0 Å². The van der Waals surface area contributed by atoms with Gasteiger partial charge in [-0.3, -0.25) is 9.59 Å². The maximum Gasteiger partial charge on any atom is 0.276 e. The van der Waals surface area contributed by atoms with E-state index < -0.39 is 0 Å². The van der Waals surface area contributed by atoms with Crippen LogP contribution in [0.5, 0.6) is 0 Å². The molecule has 0 saturated carbocycles. The van der Waals surface area contributed by atoms with Crippen molar-refractivity contribution in [1.82, 2.24) is 19.7 Å². The van der Waals surface area contributed by atoms with E-state index >= 15 is 0 Å². The fraction of sp³-hybridized carbons (Fsp3) is 0.240. The van der Waals surface area contributed by atoms with E-state index in [1.807, 2.05) is 69.3 Å². The SMILES string of the molecule is Cc1ccc(CNC(=O)Cn2ncc3c(C)n(Cc4ccccc4Cl)c(C)c3c2=O)cc1. The minimum absolute atomic E-state index is 0.130. The van der Waals surface area contributed by atoms with E-state index in [-0.39, 0.29) is 18.0 Å². The third-order valence-corrected chi connectivity index (χ3v) is 6.16. The number of halogens is 1. The second-order valence-electron chi connectivity index (χ2n) is 8.01. The Labute approximate surface area is 191 Å². The van der Waals surface area contributed by atoms with Gasteiger partial charge in [0.25, 0.3) is 5.56 Å². The van der Waals surface area contributed by atoms with Crippen LogP contribution in [0.25, 0.3) is 10.8 Å². The van der Waals surface area contributed by atoms with Gasteiger partial charge >= 0.3 is 0 Å². The van der Waals surface area contributed by atoms with E-state index in [0.29, 0.717) is 23.5 Å². The quantitative estimate of drug-likeness (QED) is 0.482. The second-order valence-corrected chi connectivity index (χ2v) is 8.41. The van der Waals surface area contributed by atoms with Crippen LogP contribution in [0.3, 0.4) is 0 Å². The molecule has 2 aromatic heterocycles. The molecule has 7 heteroatoms. The molecule has 4 aromatic rings. The van der Waals surface area contributed by atoms with Crippen molar-refractivity contribution in [3.8, 4) is 0 Å². The lowest BCUT2D eigenvalue weighted by molar-refractivity contribution is -0.122. The zero-order valence-electron chi connectivity index (χ0n) is 18.4. The molecular weight excluding hydrogens is 424 g/mol. The number of benzene rings is 2. The van der Waals surface area contributed by atoms with Crippen molar-refractivity contribution in [2.24, 2.45) is 0 Å². The summed E-state index contributed by atoms with van der Waals surface area (Å²) in [6.45, 7) is 6.73. The number of nitrogens with one attached hydrogen (secondary N) is 1. The Morgan fingerprint density at radius 3 is 2.47 bits per heavy atom. The first-order valence-electron chi connectivity index (χ1n) is 10.5. The number of aryl methyl sites for hydroxylation is 3. The summed E-state index contributed by atoms with van der Waals surface area (Å²) in [5.41, 5.74) is 4.65. The summed E-state index contributed by atoms with van der Waals surface area (Å²) < 4.78 is 3.29. The molecule has 0 spiro atoms. The summed E-state index contributed by atoms with van der Waals surface area (Å²) in [4.78, 5) is 25.6. The van der Waals surface area contributed by atoms with Crippen LogP contribution in [-0.2, 0) is 24.4 Å². The molecule has 1 amide bonds. The van der Waals surface area contributed by atoms with E-state index in [4.69, 9.17) is 11.6 Å². The van der Waals surface area contributed by atoms with Crippen molar-refractivity contribution in [3.05, 3.63) is 98.2 Å².